The van der Waals surface area contributed by atoms with E-state index >= 15 is 0 Å². The molecule has 0 saturated carbocycles. The van der Waals surface area contributed by atoms with Crippen molar-refractivity contribution in [2.75, 3.05) is 7.11 Å². The lowest BCUT2D eigenvalue weighted by Gasteiger charge is -1.99. The van der Waals surface area contributed by atoms with Crippen LogP contribution >= 0.6 is 0 Å². The number of aryl methyl sites for hydroxylation is 1. The minimum Gasteiger partial charge on any atom is -0.399 e. The van der Waals surface area contributed by atoms with E-state index < -0.39 is 0 Å². The lowest BCUT2D eigenvalue weighted by molar-refractivity contribution is 0.215. The Morgan fingerprint density at radius 3 is 2.85 bits per heavy atom. The van der Waals surface area contributed by atoms with Crippen molar-refractivity contribution >= 4 is 6.21 Å². The fraction of sp³-hybridized carbons (Fsp3) is 0.300. The summed E-state index contributed by atoms with van der Waals surface area (Å²) in [5, 5.41) is 3.55. The molecule has 0 aliphatic heterocycles. The molecule has 0 atom stereocenters. The van der Waals surface area contributed by atoms with E-state index in [-0.39, 0.29) is 5.82 Å². The van der Waals surface area contributed by atoms with Gasteiger partial charge in [-0.05, 0) is 23.6 Å². The predicted octanol–water partition coefficient (Wildman–Crippen LogP) is 2.37. The van der Waals surface area contributed by atoms with Gasteiger partial charge in [0.25, 0.3) is 0 Å². The molecule has 0 aliphatic rings. The second-order valence-electron chi connectivity index (χ2n) is 2.62. The number of benzene rings is 1. The second-order valence-corrected chi connectivity index (χ2v) is 2.62. The summed E-state index contributed by atoms with van der Waals surface area (Å²) < 4.78 is 13.2. The predicted molar refractivity (Wildman–Crippen MR) is 50.4 cm³/mol. The van der Waals surface area contributed by atoms with Gasteiger partial charge in [0.2, 0.25) is 0 Å². The number of hydrogen-bond acceptors (Lipinski definition) is 2. The van der Waals surface area contributed by atoms with Gasteiger partial charge in [-0.1, -0.05) is 24.2 Å². The van der Waals surface area contributed by atoms with E-state index in [4.69, 9.17) is 0 Å². The zero-order valence-corrected chi connectivity index (χ0v) is 7.75. The van der Waals surface area contributed by atoms with Gasteiger partial charge in [0.05, 0.1) is 6.21 Å². The number of nitrogens with zero attached hydrogens (tertiary/aromatic N) is 1. The average molecular weight is 181 g/mol. The Balaban J connectivity index is 2.89. The molecular weight excluding hydrogens is 169 g/mol. The maximum Gasteiger partial charge on any atom is 0.127 e. The first-order valence-electron chi connectivity index (χ1n) is 4.13. The Morgan fingerprint density at radius 1 is 1.54 bits per heavy atom. The first kappa shape index (κ1) is 9.71. The highest BCUT2D eigenvalue weighted by Gasteiger charge is 1.99. The molecule has 0 heterocycles. The summed E-state index contributed by atoms with van der Waals surface area (Å²) in [6.07, 6.45) is 2.18. The van der Waals surface area contributed by atoms with E-state index in [0.717, 1.165) is 5.56 Å². The van der Waals surface area contributed by atoms with Gasteiger partial charge in [0, 0.05) is 0 Å². The zero-order chi connectivity index (χ0) is 9.68. The summed E-state index contributed by atoms with van der Waals surface area (Å²) in [5.41, 5.74) is 1.42. The molecule has 2 nitrogen and oxygen atoms in total. The largest absolute Gasteiger partial charge is 0.399 e. The van der Waals surface area contributed by atoms with Gasteiger partial charge in [-0.25, -0.2) is 4.39 Å². The van der Waals surface area contributed by atoms with E-state index in [1.54, 1.807) is 6.07 Å². The van der Waals surface area contributed by atoms with E-state index in [9.17, 15) is 4.39 Å². The number of hydrogen-bond donors (Lipinski definition) is 0. The molecular formula is C10H12FNO. The molecule has 0 N–H and O–H groups in total. The Bertz CT molecular complexity index is 310. The standard InChI is InChI=1S/C10H12FNO/c1-3-9-5-4-8(6-10(9)11)7-12-13-2/h4-7H,3H2,1-2H3/b12-7+. The highest BCUT2D eigenvalue weighted by atomic mass is 19.1. The van der Waals surface area contributed by atoms with Crippen molar-refractivity contribution in [3.05, 3.63) is 35.1 Å². The van der Waals surface area contributed by atoms with Crippen molar-refractivity contribution in [1.29, 1.82) is 0 Å². The fourth-order valence-electron chi connectivity index (χ4n) is 1.04. The van der Waals surface area contributed by atoms with Crippen molar-refractivity contribution in [3.8, 4) is 0 Å². The van der Waals surface area contributed by atoms with Gasteiger partial charge in [0.15, 0.2) is 0 Å². The van der Waals surface area contributed by atoms with Crippen LogP contribution in [-0.2, 0) is 11.3 Å². The van der Waals surface area contributed by atoms with E-state index in [1.807, 2.05) is 13.0 Å². The summed E-state index contributed by atoms with van der Waals surface area (Å²) in [7, 11) is 1.45. The molecule has 0 unspecified atom stereocenters. The van der Waals surface area contributed by atoms with Crippen LogP contribution in [0, 0.1) is 5.82 Å². The monoisotopic (exact) mass is 181 g/mol. The van der Waals surface area contributed by atoms with Crippen molar-refractivity contribution in [3.63, 3.8) is 0 Å². The molecule has 0 fully saturated rings. The lowest BCUT2D eigenvalue weighted by Crippen LogP contribution is -1.90. The third kappa shape index (κ3) is 2.54. The van der Waals surface area contributed by atoms with Crippen LogP contribution in [0.2, 0.25) is 0 Å². The molecule has 0 spiro atoms. The third-order valence-corrected chi connectivity index (χ3v) is 1.77. The molecule has 1 aromatic rings. The molecule has 70 valence electrons. The molecule has 0 aromatic heterocycles. The molecule has 0 bridgehead atoms. The third-order valence-electron chi connectivity index (χ3n) is 1.77. The smallest absolute Gasteiger partial charge is 0.127 e. The van der Waals surface area contributed by atoms with Crippen LogP contribution in [0.3, 0.4) is 0 Å². The minimum absolute atomic E-state index is 0.192. The maximum absolute atomic E-state index is 13.2. The molecule has 0 amide bonds. The summed E-state index contributed by atoms with van der Waals surface area (Å²) in [6.45, 7) is 1.92. The highest BCUT2D eigenvalue weighted by molar-refractivity contribution is 5.79. The molecule has 3 heteroatoms. The quantitative estimate of drug-likeness (QED) is 0.518. The number of halogens is 1. The topological polar surface area (TPSA) is 21.6 Å². The lowest BCUT2D eigenvalue weighted by atomic mass is 10.1. The number of rotatable bonds is 3. The second kappa shape index (κ2) is 4.60. The van der Waals surface area contributed by atoms with Crippen LogP contribution in [0.4, 0.5) is 4.39 Å². The van der Waals surface area contributed by atoms with Gasteiger partial charge >= 0.3 is 0 Å². The SMILES string of the molecule is CCc1ccc(/C=N/OC)cc1F. The van der Waals surface area contributed by atoms with E-state index in [2.05, 4.69) is 9.99 Å². The first-order chi connectivity index (χ1) is 6.27. The normalized spacial score (nSPS) is 10.7. The Kier molecular flexibility index (Phi) is 3.43. The summed E-state index contributed by atoms with van der Waals surface area (Å²) in [5.74, 6) is -0.192. The van der Waals surface area contributed by atoms with Crippen LogP contribution in [0.15, 0.2) is 23.4 Å². The van der Waals surface area contributed by atoms with Crippen LogP contribution in [0.1, 0.15) is 18.1 Å². The number of oxime groups is 1. The van der Waals surface area contributed by atoms with Crippen LogP contribution in [-0.4, -0.2) is 13.3 Å². The van der Waals surface area contributed by atoms with Gasteiger partial charge < -0.3 is 4.84 Å². The molecule has 1 aromatic carbocycles. The van der Waals surface area contributed by atoms with E-state index in [1.165, 1.54) is 19.4 Å². The Labute approximate surface area is 77.0 Å². The van der Waals surface area contributed by atoms with Gasteiger partial charge in [0.1, 0.15) is 12.9 Å². The minimum atomic E-state index is -0.192. The first-order valence-corrected chi connectivity index (χ1v) is 4.13. The Hall–Kier alpha value is -1.38. The van der Waals surface area contributed by atoms with Crippen molar-refractivity contribution < 1.29 is 9.23 Å². The van der Waals surface area contributed by atoms with E-state index in [0.29, 0.717) is 12.0 Å². The maximum atomic E-state index is 13.2. The van der Waals surface area contributed by atoms with Crippen molar-refractivity contribution in [1.82, 2.24) is 0 Å². The molecule has 0 radical (unpaired) electrons. The molecule has 0 saturated heterocycles. The molecule has 0 aliphatic carbocycles. The van der Waals surface area contributed by atoms with Crippen LogP contribution < -0.4 is 0 Å². The van der Waals surface area contributed by atoms with Crippen molar-refractivity contribution in [2.24, 2.45) is 5.16 Å². The van der Waals surface area contributed by atoms with Crippen molar-refractivity contribution in [2.45, 2.75) is 13.3 Å². The van der Waals surface area contributed by atoms with Crippen LogP contribution in [0.5, 0.6) is 0 Å². The highest BCUT2D eigenvalue weighted by Crippen LogP contribution is 2.09. The average Bonchev–Trinajstić information content (AvgIpc) is 2.15. The zero-order valence-electron chi connectivity index (χ0n) is 7.75. The molecule has 1 rings (SSSR count). The summed E-state index contributed by atoms with van der Waals surface area (Å²) in [4.78, 5) is 4.49. The fourth-order valence-corrected chi connectivity index (χ4v) is 1.04. The summed E-state index contributed by atoms with van der Waals surface area (Å²) in [6, 6.07) is 5.01. The van der Waals surface area contributed by atoms with Gasteiger partial charge in [-0.15, -0.1) is 0 Å². The van der Waals surface area contributed by atoms with Crippen LogP contribution in [0.25, 0.3) is 0 Å². The summed E-state index contributed by atoms with van der Waals surface area (Å²) >= 11 is 0. The van der Waals surface area contributed by atoms with Gasteiger partial charge in [-0.2, -0.15) is 0 Å². The Morgan fingerprint density at radius 2 is 2.31 bits per heavy atom. The molecule has 13 heavy (non-hydrogen) atoms. The van der Waals surface area contributed by atoms with Gasteiger partial charge in [-0.3, -0.25) is 0 Å².